The fourth-order valence-electron chi connectivity index (χ4n) is 12.6. The van der Waals surface area contributed by atoms with Crippen LogP contribution in [-0.4, -0.2) is 106 Å². The number of carbonyl (C=O) groups is 8. The normalized spacial score (nSPS) is 20.1. The van der Waals surface area contributed by atoms with Gasteiger partial charge in [0.05, 0.1) is 15.6 Å². The summed E-state index contributed by atoms with van der Waals surface area (Å²) in [6.45, 7) is 6.72. The smallest absolute Gasteiger partial charge is 0.408 e. The summed E-state index contributed by atoms with van der Waals surface area (Å²) in [5.74, 6) is -15.7. The third kappa shape index (κ3) is 15.8. The van der Waals surface area contributed by atoms with Crippen LogP contribution in [0.25, 0.3) is 11.1 Å². The van der Waals surface area contributed by atoms with Gasteiger partial charge in [-0.15, -0.1) is 0 Å². The van der Waals surface area contributed by atoms with Gasteiger partial charge in [0.2, 0.25) is 41.2 Å². The molecule has 17 bridgehead atoms. The highest BCUT2D eigenvalue weighted by Gasteiger charge is 2.42. The number of aromatic hydroxyl groups is 6. The van der Waals surface area contributed by atoms with E-state index in [1.807, 2.05) is 24.3 Å². The molecule has 30 heteroatoms. The van der Waals surface area contributed by atoms with Crippen LogP contribution in [0, 0.1) is 0 Å². The molecule has 14 rings (SSSR count). The van der Waals surface area contributed by atoms with Gasteiger partial charge >= 0.3 is 12.1 Å². The highest BCUT2D eigenvalue weighted by Crippen LogP contribution is 2.49. The quantitative estimate of drug-likeness (QED) is 0.0640. The molecule has 0 radical (unpaired) electrons. The Morgan fingerprint density at radius 2 is 1.15 bits per heavy atom. The Labute approximate surface area is 608 Å². The summed E-state index contributed by atoms with van der Waals surface area (Å²) >= 11 is 13.9. The first kappa shape index (κ1) is 72.8. The second kappa shape index (κ2) is 29.8. The van der Waals surface area contributed by atoms with Crippen molar-refractivity contribution in [3.63, 3.8) is 0 Å². The van der Waals surface area contributed by atoms with Gasteiger partial charge in [0, 0.05) is 42.3 Å². The molecule has 16 N–H and O–H groups in total. The number of rotatable bonds is 9. The van der Waals surface area contributed by atoms with Crippen molar-refractivity contribution in [2.24, 2.45) is 0 Å². The van der Waals surface area contributed by atoms with Crippen LogP contribution < -0.4 is 56.7 Å². The number of carboxylic acids is 1. The molecule has 7 amide bonds. The van der Waals surface area contributed by atoms with Crippen LogP contribution in [0.1, 0.15) is 132 Å². The molecule has 105 heavy (non-hydrogen) atoms. The number of fused-ring (bicyclic) bond motifs is 14. The van der Waals surface area contributed by atoms with Crippen molar-refractivity contribution < 1.29 is 98.2 Å². The Balaban J connectivity index is 1.03. The largest absolute Gasteiger partial charge is 0.508 e. The van der Waals surface area contributed by atoms with Crippen molar-refractivity contribution in [1.82, 2.24) is 42.5 Å². The number of phenolic OH excluding ortho intramolecular Hbond substituents is 6. The number of aryl methyl sites for hydroxylation is 1. The SMILES string of the molecule is CCCCc1ccc(CNCc2c(O)cc3c(c2O)-c2cc(ccc2O)[C@H]2NC(=O)[C@@H]4NC(=O)[C@H]5NC(=O)[C@@H](Cc6ccc(c(Cl)c6)Oc6cc4cc(c6O)Oc4ccc(cc4Cl)[C@@H](O)[C@H](NC2=O)C(=O)N[C@@H]3C(=O)O)NC(=O)[C@H](NC(=O)OC(C)(C)C)c2ccc(O)c(c2)Oc2cc(O)cc5c2)cc1. The van der Waals surface area contributed by atoms with E-state index in [2.05, 4.69) is 49.5 Å². The van der Waals surface area contributed by atoms with Gasteiger partial charge in [-0.1, -0.05) is 85.1 Å². The summed E-state index contributed by atoms with van der Waals surface area (Å²) in [5, 5.41) is 115. The van der Waals surface area contributed by atoms with Crippen LogP contribution in [-0.2, 0) is 64.2 Å². The number of nitrogens with one attached hydrogen (secondary N) is 8. The zero-order valence-corrected chi connectivity index (χ0v) is 57.8. The second-order valence-electron chi connectivity index (χ2n) is 26.5. The number of phenols is 6. The first-order valence-corrected chi connectivity index (χ1v) is 33.8. The van der Waals surface area contributed by atoms with E-state index in [0.29, 0.717) is 0 Å². The van der Waals surface area contributed by atoms with Gasteiger partial charge in [0.25, 0.3) is 0 Å². The maximum absolute atomic E-state index is 16.1. The van der Waals surface area contributed by atoms with Crippen molar-refractivity contribution in [1.29, 1.82) is 0 Å². The Morgan fingerprint density at radius 3 is 1.81 bits per heavy atom. The number of benzene rings is 8. The summed E-state index contributed by atoms with van der Waals surface area (Å²) in [5.41, 5.74) is -1.76. The number of carboxylic acid groups (broad SMARTS) is 1. The molecule has 8 aromatic rings. The van der Waals surface area contributed by atoms with E-state index in [-0.39, 0.29) is 85.1 Å². The Bertz CT molecular complexity index is 4860. The van der Waals surface area contributed by atoms with Crippen molar-refractivity contribution in [2.45, 2.75) is 120 Å². The van der Waals surface area contributed by atoms with Crippen molar-refractivity contribution in [3.05, 3.63) is 199 Å². The molecular weight excluding hydrogens is 1400 g/mol. The maximum Gasteiger partial charge on any atom is 0.408 e. The molecule has 0 spiro atoms. The molecule has 6 aliphatic heterocycles. The summed E-state index contributed by atoms with van der Waals surface area (Å²) in [4.78, 5) is 120. The number of hydrogen-bond acceptors (Lipinski definition) is 20. The molecule has 0 saturated heterocycles. The highest BCUT2D eigenvalue weighted by molar-refractivity contribution is 6.32. The lowest BCUT2D eigenvalue weighted by atomic mass is 9.88. The van der Waals surface area contributed by atoms with E-state index in [9.17, 15) is 55.2 Å². The van der Waals surface area contributed by atoms with Crippen LogP contribution in [0.2, 0.25) is 10.0 Å². The number of carbonyl (C=O) groups excluding carboxylic acids is 7. The average molecular weight is 1470 g/mol. The van der Waals surface area contributed by atoms with Crippen molar-refractivity contribution in [3.8, 4) is 80.1 Å². The second-order valence-corrected chi connectivity index (χ2v) is 27.3. The zero-order valence-electron chi connectivity index (χ0n) is 56.3. The molecular formula is C75H70Cl2N8O20. The standard InChI is InChI=1S/C75H70Cl2N8O20/c1-5-6-7-33-8-10-34(11-9-33)31-78-32-45-51(89)30-44-57(65(45)91)43-24-36(13-16-49(43)87)58-69(95)84-63(72(98)83-62(44)73(99)100)64(90)38-15-19-53(47(77)25-38)104-56-28-40-27-55(66(56)92)103-52-18-12-35(20-46(52)76)21-48-67(93)80-60(70(96)82-61(40)71(97)81-58)39-22-41(86)29-42(23-39)102-54-26-37(14-17-50(54)88)59(68(94)79-48)85-74(101)105-75(2,3)4/h8-20,22-30,48,58-64,78,86-92H,5-7,21,31-32H2,1-4H3,(H,79,94)(H,80,93)(H,81,97)(H,82,96)(H,83,98)(H,84,95)(H,85,101)(H,99,100)/t48-,58-,59-,60+,61-,62+,63+,64-/m1/s1. The minimum atomic E-state index is -2.25. The molecule has 0 saturated carbocycles. The van der Waals surface area contributed by atoms with Crippen LogP contribution >= 0.6 is 23.2 Å². The molecule has 8 aromatic carbocycles. The van der Waals surface area contributed by atoms with Gasteiger partial charge in [-0.05, 0) is 157 Å². The average Bonchev–Trinajstić information content (AvgIpc) is 0.760. The van der Waals surface area contributed by atoms with E-state index >= 15 is 24.0 Å². The first-order chi connectivity index (χ1) is 50.0. The molecule has 0 unspecified atom stereocenters. The molecule has 0 aliphatic carbocycles. The van der Waals surface area contributed by atoms with Gasteiger partial charge in [-0.3, -0.25) is 28.8 Å². The third-order valence-electron chi connectivity index (χ3n) is 17.8. The Hall–Kier alpha value is -12.0. The Morgan fingerprint density at radius 1 is 0.552 bits per heavy atom. The molecule has 0 aromatic heterocycles. The summed E-state index contributed by atoms with van der Waals surface area (Å²) < 4.78 is 24.2. The number of aliphatic hydroxyl groups excluding tert-OH is 1. The minimum absolute atomic E-state index is 0.0114. The number of hydrogen-bond donors (Lipinski definition) is 16. The Kier molecular flexibility index (Phi) is 20.6. The fraction of sp³-hybridized carbons (Fsp3) is 0.253. The predicted octanol–water partition coefficient (Wildman–Crippen LogP) is 9.18. The molecule has 544 valence electrons. The van der Waals surface area contributed by atoms with Gasteiger partial charge in [0.1, 0.15) is 88.2 Å². The number of aliphatic carboxylic acids is 1. The number of amides is 7. The van der Waals surface area contributed by atoms with Crippen LogP contribution in [0.3, 0.4) is 0 Å². The fourth-order valence-corrected chi connectivity index (χ4v) is 13.0. The van der Waals surface area contributed by atoms with Crippen LogP contribution in [0.5, 0.6) is 69.0 Å². The molecule has 8 atom stereocenters. The monoisotopic (exact) mass is 1470 g/mol. The van der Waals surface area contributed by atoms with E-state index < -0.39 is 171 Å². The highest BCUT2D eigenvalue weighted by atomic mass is 35.5. The topological polar surface area (TPSA) is 432 Å². The van der Waals surface area contributed by atoms with E-state index in [4.69, 9.17) is 42.1 Å². The lowest BCUT2D eigenvalue weighted by Gasteiger charge is -2.31. The molecule has 28 nitrogen and oxygen atoms in total. The molecule has 6 aliphatic rings. The van der Waals surface area contributed by atoms with Crippen molar-refractivity contribution >= 4 is 70.7 Å². The molecule has 6 heterocycles. The number of aliphatic hydroxyl groups is 1. The van der Waals surface area contributed by atoms with Gasteiger partial charge < -0.3 is 102 Å². The van der Waals surface area contributed by atoms with Gasteiger partial charge in [-0.2, -0.15) is 0 Å². The van der Waals surface area contributed by atoms with Crippen molar-refractivity contribution in [2.75, 3.05) is 0 Å². The third-order valence-corrected chi connectivity index (χ3v) is 18.4. The minimum Gasteiger partial charge on any atom is -0.508 e. The van der Waals surface area contributed by atoms with E-state index in [1.54, 1.807) is 20.8 Å². The summed E-state index contributed by atoms with van der Waals surface area (Å²) in [6.07, 6.45) is -0.846. The number of unbranched alkanes of at least 4 members (excludes halogenated alkanes) is 1. The van der Waals surface area contributed by atoms with Crippen LogP contribution in [0.4, 0.5) is 4.79 Å². The maximum atomic E-state index is 16.1. The summed E-state index contributed by atoms with van der Waals surface area (Å²) in [6, 6.07) is 14.2. The summed E-state index contributed by atoms with van der Waals surface area (Å²) in [7, 11) is 0. The lowest BCUT2D eigenvalue weighted by Crippen LogP contribution is -2.55. The number of alkyl carbamates (subject to hydrolysis) is 1. The number of ether oxygens (including phenoxy) is 4. The van der Waals surface area contributed by atoms with Crippen LogP contribution in [0.15, 0.2) is 133 Å². The van der Waals surface area contributed by atoms with E-state index in [1.165, 1.54) is 48.5 Å². The predicted molar refractivity (Wildman–Crippen MR) is 376 cm³/mol. The van der Waals surface area contributed by atoms with E-state index in [0.717, 1.165) is 91.1 Å². The van der Waals surface area contributed by atoms with Gasteiger partial charge in [0.15, 0.2) is 29.0 Å². The number of halogens is 2. The zero-order chi connectivity index (χ0) is 75.0. The first-order valence-electron chi connectivity index (χ1n) is 33.0. The lowest BCUT2D eigenvalue weighted by molar-refractivity contribution is -0.143. The van der Waals surface area contributed by atoms with Gasteiger partial charge in [-0.25, -0.2) is 9.59 Å². The molecule has 0 fully saturated rings.